The van der Waals surface area contributed by atoms with Gasteiger partial charge in [-0.15, -0.1) is 0 Å². The fourth-order valence-corrected chi connectivity index (χ4v) is 4.47. The molecule has 6 nitrogen and oxygen atoms in total. The topological polar surface area (TPSA) is 71.1 Å². The van der Waals surface area contributed by atoms with Gasteiger partial charge in [0.2, 0.25) is 0 Å². The quantitative estimate of drug-likeness (QED) is 0.109. The first kappa shape index (κ1) is 29.3. The van der Waals surface area contributed by atoms with E-state index in [2.05, 4.69) is 26.0 Å². The van der Waals surface area contributed by atoms with Crippen molar-refractivity contribution in [2.45, 2.75) is 79.1 Å². The Balaban J connectivity index is 1.78. The van der Waals surface area contributed by atoms with Gasteiger partial charge in [0.1, 0.15) is 37.9 Å². The number of aryl methyl sites for hydroxylation is 2. The van der Waals surface area contributed by atoms with Crippen LogP contribution in [-0.2, 0) is 19.1 Å². The van der Waals surface area contributed by atoms with Gasteiger partial charge < -0.3 is 18.9 Å². The zero-order valence-corrected chi connectivity index (χ0v) is 23.4. The molecule has 3 rings (SSSR count). The van der Waals surface area contributed by atoms with E-state index in [1.807, 2.05) is 38.1 Å². The highest BCUT2D eigenvalue weighted by Crippen LogP contribution is 2.43. The zero-order valence-electron chi connectivity index (χ0n) is 23.4. The number of unbranched alkanes of at least 4 members (excludes halogenated alkanes) is 4. The second-order valence-electron chi connectivity index (χ2n) is 9.81. The molecule has 0 N–H and O–H groups in total. The molecule has 0 unspecified atom stereocenters. The summed E-state index contributed by atoms with van der Waals surface area (Å²) in [7, 11) is 0. The average Bonchev–Trinajstić information content (AvgIpc) is 2.90. The van der Waals surface area contributed by atoms with Crippen molar-refractivity contribution in [3.63, 3.8) is 0 Å². The molecule has 6 heteroatoms. The molecule has 3 aromatic rings. The third-order valence-corrected chi connectivity index (χ3v) is 6.48. The van der Waals surface area contributed by atoms with Gasteiger partial charge in [-0.2, -0.15) is 0 Å². The van der Waals surface area contributed by atoms with Gasteiger partial charge in [0.05, 0.1) is 0 Å². The minimum Gasteiger partial charge on any atom is -0.489 e. The molecule has 0 fully saturated rings. The van der Waals surface area contributed by atoms with Crippen LogP contribution in [0.5, 0.6) is 11.5 Å². The van der Waals surface area contributed by atoms with E-state index in [0.29, 0.717) is 12.8 Å². The molecule has 0 aliphatic carbocycles. The Bertz CT molecular complexity index is 1120. The molecular formula is C32H42O6. The van der Waals surface area contributed by atoms with Crippen LogP contribution in [0.2, 0.25) is 0 Å². The van der Waals surface area contributed by atoms with Crippen LogP contribution in [0.25, 0.3) is 21.5 Å². The number of hydrogen-bond donors (Lipinski definition) is 0. The maximum absolute atomic E-state index is 12.0. The van der Waals surface area contributed by atoms with Crippen LogP contribution in [0.4, 0.5) is 0 Å². The highest BCUT2D eigenvalue weighted by Gasteiger charge is 2.17. The Kier molecular flexibility index (Phi) is 11.7. The first-order valence-corrected chi connectivity index (χ1v) is 14.0. The molecule has 38 heavy (non-hydrogen) atoms. The minimum atomic E-state index is -0.182. The first-order chi connectivity index (χ1) is 18.4. The summed E-state index contributed by atoms with van der Waals surface area (Å²) in [6.45, 7) is 9.23. The van der Waals surface area contributed by atoms with Crippen LogP contribution in [0.1, 0.15) is 76.3 Å². The Labute approximate surface area is 226 Å². The number of esters is 2. The predicted octanol–water partition coefficient (Wildman–Crippen LogP) is 7.61. The summed E-state index contributed by atoms with van der Waals surface area (Å²) in [4.78, 5) is 24.0. The van der Waals surface area contributed by atoms with Crippen molar-refractivity contribution in [1.29, 1.82) is 0 Å². The lowest BCUT2D eigenvalue weighted by Gasteiger charge is -2.19. The second-order valence-corrected chi connectivity index (χ2v) is 9.81. The molecule has 0 amide bonds. The number of fused-ring (bicyclic) bond motifs is 2. The van der Waals surface area contributed by atoms with Gasteiger partial charge in [-0.1, -0.05) is 74.9 Å². The van der Waals surface area contributed by atoms with Gasteiger partial charge in [-0.25, -0.2) is 0 Å². The number of carbonyl (C=O) groups is 2. The van der Waals surface area contributed by atoms with Crippen LogP contribution in [-0.4, -0.2) is 38.4 Å². The molecule has 0 bridgehead atoms. The lowest BCUT2D eigenvalue weighted by Crippen LogP contribution is -2.13. The second kappa shape index (κ2) is 15.2. The normalized spacial score (nSPS) is 11.1. The SMILES string of the molecule is CCCCCC(=O)OCCOc1c2ccc(C)cc2c(OCCOC(=O)CCCCC)c2ccc(C)cc12. The lowest BCUT2D eigenvalue weighted by molar-refractivity contribution is -0.145. The third kappa shape index (κ3) is 8.37. The van der Waals surface area contributed by atoms with Crippen molar-refractivity contribution in [3.8, 4) is 11.5 Å². The minimum absolute atomic E-state index is 0.182. The Hall–Kier alpha value is -3.28. The van der Waals surface area contributed by atoms with Crippen LogP contribution in [0, 0.1) is 13.8 Å². The summed E-state index contributed by atoms with van der Waals surface area (Å²) in [6, 6.07) is 12.3. The Morgan fingerprint density at radius 1 is 0.579 bits per heavy atom. The highest BCUT2D eigenvalue weighted by molar-refractivity contribution is 6.11. The van der Waals surface area contributed by atoms with Crippen molar-refractivity contribution in [2.24, 2.45) is 0 Å². The van der Waals surface area contributed by atoms with E-state index in [0.717, 1.165) is 82.7 Å². The van der Waals surface area contributed by atoms with E-state index in [9.17, 15) is 9.59 Å². The predicted molar refractivity (Wildman–Crippen MR) is 152 cm³/mol. The number of hydrogen-bond acceptors (Lipinski definition) is 6. The van der Waals surface area contributed by atoms with Gasteiger partial charge in [-0.3, -0.25) is 9.59 Å². The summed E-state index contributed by atoms with van der Waals surface area (Å²) in [6.07, 6.45) is 6.78. The van der Waals surface area contributed by atoms with E-state index in [1.165, 1.54) is 0 Å². The summed E-state index contributed by atoms with van der Waals surface area (Å²) in [5.41, 5.74) is 2.20. The van der Waals surface area contributed by atoms with E-state index in [-0.39, 0.29) is 38.4 Å². The van der Waals surface area contributed by atoms with Crippen LogP contribution >= 0.6 is 0 Å². The zero-order chi connectivity index (χ0) is 27.3. The van der Waals surface area contributed by atoms with Crippen molar-refractivity contribution in [2.75, 3.05) is 26.4 Å². The molecule has 0 aromatic heterocycles. The summed E-state index contributed by atoms with van der Waals surface area (Å²) < 4.78 is 23.3. The molecular weight excluding hydrogens is 480 g/mol. The summed E-state index contributed by atoms with van der Waals surface area (Å²) in [5, 5.41) is 3.72. The molecule has 206 valence electrons. The standard InChI is InChI=1S/C32H42O6/c1-5-7-9-11-29(33)35-17-19-37-31-25-15-13-24(4)22-28(25)32(26-16-14-23(3)21-27(26)31)38-20-18-36-30(34)12-10-8-6-2/h13-16,21-22H,5-12,17-20H2,1-4H3. The van der Waals surface area contributed by atoms with Gasteiger partial charge in [0.25, 0.3) is 0 Å². The van der Waals surface area contributed by atoms with Crippen molar-refractivity contribution in [3.05, 3.63) is 47.5 Å². The van der Waals surface area contributed by atoms with Crippen LogP contribution < -0.4 is 9.47 Å². The highest BCUT2D eigenvalue weighted by atomic mass is 16.6. The first-order valence-electron chi connectivity index (χ1n) is 14.0. The van der Waals surface area contributed by atoms with E-state index >= 15 is 0 Å². The summed E-state index contributed by atoms with van der Waals surface area (Å²) >= 11 is 0. The molecule has 0 saturated heterocycles. The lowest BCUT2D eigenvalue weighted by atomic mass is 9.98. The molecule has 0 saturated carbocycles. The molecule has 3 aromatic carbocycles. The van der Waals surface area contributed by atoms with Crippen molar-refractivity contribution >= 4 is 33.5 Å². The molecule has 0 heterocycles. The molecule has 0 atom stereocenters. The fraction of sp³-hybridized carbons (Fsp3) is 0.500. The molecule has 0 radical (unpaired) electrons. The molecule has 0 spiro atoms. The average molecular weight is 523 g/mol. The van der Waals surface area contributed by atoms with E-state index in [1.54, 1.807) is 0 Å². The van der Waals surface area contributed by atoms with Gasteiger partial charge in [-0.05, 0) is 38.8 Å². The number of rotatable bonds is 16. The van der Waals surface area contributed by atoms with E-state index in [4.69, 9.17) is 18.9 Å². The third-order valence-electron chi connectivity index (χ3n) is 6.48. The van der Waals surface area contributed by atoms with Gasteiger partial charge in [0.15, 0.2) is 0 Å². The van der Waals surface area contributed by atoms with Crippen molar-refractivity contribution in [1.82, 2.24) is 0 Å². The monoisotopic (exact) mass is 522 g/mol. The molecule has 0 aliphatic rings. The number of carbonyl (C=O) groups excluding carboxylic acids is 2. The summed E-state index contributed by atoms with van der Waals surface area (Å²) in [5.74, 6) is 1.13. The van der Waals surface area contributed by atoms with E-state index < -0.39 is 0 Å². The van der Waals surface area contributed by atoms with Gasteiger partial charge in [0, 0.05) is 34.4 Å². The number of benzene rings is 3. The van der Waals surface area contributed by atoms with Crippen molar-refractivity contribution < 1.29 is 28.5 Å². The van der Waals surface area contributed by atoms with Crippen LogP contribution in [0.15, 0.2) is 36.4 Å². The maximum Gasteiger partial charge on any atom is 0.305 e. The Morgan fingerprint density at radius 3 is 1.39 bits per heavy atom. The number of ether oxygens (including phenoxy) is 4. The maximum atomic E-state index is 12.0. The van der Waals surface area contributed by atoms with Crippen LogP contribution in [0.3, 0.4) is 0 Å². The Morgan fingerprint density at radius 2 is 1.00 bits per heavy atom. The molecule has 0 aliphatic heterocycles. The van der Waals surface area contributed by atoms with Gasteiger partial charge >= 0.3 is 11.9 Å². The largest absolute Gasteiger partial charge is 0.489 e. The smallest absolute Gasteiger partial charge is 0.305 e. The fourth-order valence-electron chi connectivity index (χ4n) is 4.47.